The van der Waals surface area contributed by atoms with Crippen LogP contribution in [0.5, 0.6) is 0 Å². The molecule has 0 N–H and O–H groups in total. The van der Waals surface area contributed by atoms with E-state index in [1.807, 2.05) is 18.2 Å². The Labute approximate surface area is 114 Å². The van der Waals surface area contributed by atoms with Crippen molar-refractivity contribution in [1.82, 2.24) is 0 Å². The van der Waals surface area contributed by atoms with E-state index in [0.717, 1.165) is 17.8 Å². The Bertz CT molecular complexity index is 426. The Hall–Kier alpha value is -1.24. The lowest BCUT2D eigenvalue weighted by molar-refractivity contribution is 0.204. The molecule has 0 bridgehead atoms. The lowest BCUT2D eigenvalue weighted by Crippen LogP contribution is -2.34. The number of anilines is 1. The zero-order valence-corrected chi connectivity index (χ0v) is 11.9. The normalized spacial score (nSPS) is 10.4. The molecule has 1 aromatic rings. The van der Waals surface area contributed by atoms with Crippen LogP contribution in [0.1, 0.15) is 25.0 Å². The molecule has 0 amide bonds. The van der Waals surface area contributed by atoms with Crippen molar-refractivity contribution in [2.24, 2.45) is 0 Å². The number of hydrogen-bond donors (Lipinski definition) is 0. The molecule has 0 unspecified atom stereocenters. The van der Waals surface area contributed by atoms with Gasteiger partial charge in [-0.15, -0.1) is 11.6 Å². The number of nitrogens with zero attached hydrogens (tertiary/aromatic N) is 2. The molecule has 0 saturated carbocycles. The maximum Gasteiger partial charge on any atom is 0.101 e. The first-order valence-electron chi connectivity index (χ1n) is 5.98. The van der Waals surface area contributed by atoms with Gasteiger partial charge in [-0.2, -0.15) is 5.26 Å². The number of hydrogen-bond acceptors (Lipinski definition) is 3. The third-order valence-electron chi connectivity index (χ3n) is 2.80. The summed E-state index contributed by atoms with van der Waals surface area (Å²) in [5, 5.41) is 9.24. The Balaban J connectivity index is 3.07. The summed E-state index contributed by atoms with van der Waals surface area (Å²) in [5.74, 6) is 0.425. The van der Waals surface area contributed by atoms with E-state index in [0.29, 0.717) is 24.1 Å². The van der Waals surface area contributed by atoms with Crippen LogP contribution in [0.25, 0.3) is 0 Å². The van der Waals surface area contributed by atoms with E-state index >= 15 is 0 Å². The average Bonchev–Trinajstić information content (AvgIpc) is 2.38. The Morgan fingerprint density at radius 2 is 2.17 bits per heavy atom. The highest BCUT2D eigenvalue weighted by molar-refractivity contribution is 6.17. The minimum atomic E-state index is 0.314. The first-order valence-corrected chi connectivity index (χ1v) is 6.52. The van der Waals surface area contributed by atoms with E-state index in [1.54, 1.807) is 7.11 Å². The van der Waals surface area contributed by atoms with Crippen LogP contribution in [0.4, 0.5) is 5.69 Å². The van der Waals surface area contributed by atoms with Gasteiger partial charge in [0.15, 0.2) is 0 Å². The van der Waals surface area contributed by atoms with E-state index in [4.69, 9.17) is 16.3 Å². The van der Waals surface area contributed by atoms with Crippen LogP contribution in [-0.4, -0.2) is 26.3 Å². The quantitative estimate of drug-likeness (QED) is 0.742. The number of halogens is 1. The molecule has 0 radical (unpaired) electrons. The molecule has 18 heavy (non-hydrogen) atoms. The Morgan fingerprint density at radius 1 is 1.44 bits per heavy atom. The molecule has 0 fully saturated rings. The molecule has 0 aliphatic carbocycles. The number of alkyl halides is 1. The molecular weight excluding hydrogens is 248 g/mol. The van der Waals surface area contributed by atoms with Crippen molar-refractivity contribution in [3.8, 4) is 6.07 Å². The summed E-state index contributed by atoms with van der Waals surface area (Å²) in [4.78, 5) is 2.17. The monoisotopic (exact) mass is 266 g/mol. The molecule has 1 aromatic carbocycles. The van der Waals surface area contributed by atoms with Gasteiger partial charge in [-0.25, -0.2) is 0 Å². The minimum absolute atomic E-state index is 0.314. The fourth-order valence-electron chi connectivity index (χ4n) is 1.85. The van der Waals surface area contributed by atoms with E-state index in [1.165, 1.54) is 0 Å². The Morgan fingerprint density at radius 3 is 2.67 bits per heavy atom. The maximum absolute atomic E-state index is 9.24. The molecular formula is C14H19ClN2O. The van der Waals surface area contributed by atoms with Gasteiger partial charge in [0.1, 0.15) is 6.07 Å². The molecule has 4 heteroatoms. The van der Waals surface area contributed by atoms with Gasteiger partial charge < -0.3 is 9.64 Å². The predicted molar refractivity (Wildman–Crippen MR) is 75.1 cm³/mol. The summed E-state index contributed by atoms with van der Waals surface area (Å²) in [6, 6.07) is 8.33. The largest absolute Gasteiger partial charge is 0.383 e. The van der Waals surface area contributed by atoms with E-state index in [9.17, 15) is 5.26 Å². The molecule has 98 valence electrons. The van der Waals surface area contributed by atoms with Crippen molar-refractivity contribution >= 4 is 17.3 Å². The second-order valence-electron chi connectivity index (χ2n) is 4.38. The van der Waals surface area contributed by atoms with Gasteiger partial charge in [0, 0.05) is 25.6 Å². The molecule has 0 spiro atoms. The predicted octanol–water partition coefficient (Wildman–Crippen LogP) is 3.16. The van der Waals surface area contributed by atoms with Crippen molar-refractivity contribution < 1.29 is 4.74 Å². The number of ether oxygens (including phenoxy) is 1. The number of methoxy groups -OCH3 is 1. The van der Waals surface area contributed by atoms with Crippen LogP contribution in [0.2, 0.25) is 0 Å². The molecule has 0 aliphatic heterocycles. The van der Waals surface area contributed by atoms with Crippen LogP contribution in [0.3, 0.4) is 0 Å². The summed E-state index contributed by atoms with van der Waals surface area (Å²) in [5.41, 5.74) is 2.57. The van der Waals surface area contributed by atoms with Crippen LogP contribution >= 0.6 is 11.6 Å². The maximum atomic E-state index is 9.24. The summed E-state index contributed by atoms with van der Waals surface area (Å²) in [6.45, 7) is 5.61. The highest BCUT2D eigenvalue weighted by Crippen LogP contribution is 2.24. The van der Waals surface area contributed by atoms with Crippen LogP contribution in [0, 0.1) is 11.3 Å². The summed E-state index contributed by atoms with van der Waals surface area (Å²) in [6.07, 6.45) is 0. The molecule has 1 rings (SSSR count). The smallest absolute Gasteiger partial charge is 0.101 e. The number of benzene rings is 1. The molecule has 0 saturated heterocycles. The van der Waals surface area contributed by atoms with Gasteiger partial charge in [0.05, 0.1) is 17.9 Å². The fourth-order valence-corrected chi connectivity index (χ4v) is 2.02. The molecule has 3 nitrogen and oxygen atoms in total. The van der Waals surface area contributed by atoms with E-state index < -0.39 is 0 Å². The third kappa shape index (κ3) is 3.63. The van der Waals surface area contributed by atoms with Gasteiger partial charge in [0.2, 0.25) is 0 Å². The van der Waals surface area contributed by atoms with Crippen LogP contribution in [0.15, 0.2) is 18.2 Å². The zero-order valence-electron chi connectivity index (χ0n) is 11.1. The highest BCUT2D eigenvalue weighted by atomic mass is 35.5. The average molecular weight is 267 g/mol. The fraction of sp³-hybridized carbons (Fsp3) is 0.500. The van der Waals surface area contributed by atoms with Gasteiger partial charge >= 0.3 is 0 Å². The van der Waals surface area contributed by atoms with Crippen LogP contribution < -0.4 is 4.90 Å². The van der Waals surface area contributed by atoms with E-state index in [-0.39, 0.29) is 0 Å². The van der Waals surface area contributed by atoms with Gasteiger partial charge in [0.25, 0.3) is 0 Å². The summed E-state index contributed by atoms with van der Waals surface area (Å²) < 4.78 is 5.12. The first kappa shape index (κ1) is 14.8. The molecule has 0 aliphatic rings. The van der Waals surface area contributed by atoms with Crippen molar-refractivity contribution in [3.05, 3.63) is 29.3 Å². The minimum Gasteiger partial charge on any atom is -0.383 e. The number of nitriles is 1. The van der Waals surface area contributed by atoms with Crippen molar-refractivity contribution in [2.45, 2.75) is 25.8 Å². The standard InChI is InChI=1S/C14H19ClN2O/c1-11(2)17(6-7-18-3)14-5-4-12(9-15)8-13(14)10-16/h4-5,8,11H,6-7,9H2,1-3H3. The SMILES string of the molecule is COCCN(c1ccc(CCl)cc1C#N)C(C)C. The van der Waals surface area contributed by atoms with Crippen LogP contribution in [-0.2, 0) is 10.6 Å². The molecule has 0 heterocycles. The summed E-state index contributed by atoms with van der Waals surface area (Å²) >= 11 is 5.79. The second-order valence-corrected chi connectivity index (χ2v) is 4.64. The molecule has 0 aromatic heterocycles. The lowest BCUT2D eigenvalue weighted by Gasteiger charge is -2.29. The lowest BCUT2D eigenvalue weighted by atomic mass is 10.1. The topological polar surface area (TPSA) is 36.3 Å². The third-order valence-corrected chi connectivity index (χ3v) is 3.11. The van der Waals surface area contributed by atoms with Gasteiger partial charge in [-0.05, 0) is 31.5 Å². The number of rotatable bonds is 6. The van der Waals surface area contributed by atoms with Gasteiger partial charge in [-0.3, -0.25) is 0 Å². The summed E-state index contributed by atoms with van der Waals surface area (Å²) in [7, 11) is 1.68. The van der Waals surface area contributed by atoms with Gasteiger partial charge in [-0.1, -0.05) is 6.07 Å². The zero-order chi connectivity index (χ0) is 13.5. The van der Waals surface area contributed by atoms with Crippen molar-refractivity contribution in [2.75, 3.05) is 25.2 Å². The second kappa shape index (κ2) is 7.25. The molecule has 0 atom stereocenters. The Kier molecular flexibility index (Phi) is 5.97. The van der Waals surface area contributed by atoms with Crippen molar-refractivity contribution in [3.63, 3.8) is 0 Å². The highest BCUT2D eigenvalue weighted by Gasteiger charge is 2.14. The first-order chi connectivity index (χ1) is 8.63. The van der Waals surface area contributed by atoms with Crippen molar-refractivity contribution in [1.29, 1.82) is 5.26 Å². The van der Waals surface area contributed by atoms with E-state index in [2.05, 4.69) is 24.8 Å².